The van der Waals surface area contributed by atoms with E-state index in [1.165, 1.54) is 7.11 Å². The minimum atomic E-state index is -0.430. The van der Waals surface area contributed by atoms with Gasteiger partial charge in [0.15, 0.2) is 0 Å². The summed E-state index contributed by atoms with van der Waals surface area (Å²) >= 11 is 0. The lowest BCUT2D eigenvalue weighted by atomic mass is 10.0. The van der Waals surface area contributed by atoms with Crippen LogP contribution < -0.4 is 10.2 Å². The third-order valence-corrected chi connectivity index (χ3v) is 5.02. The first kappa shape index (κ1) is 19.6. The van der Waals surface area contributed by atoms with E-state index in [0.717, 1.165) is 22.4 Å². The third kappa shape index (κ3) is 3.91. The molecule has 1 unspecified atom stereocenters. The Hall–Kier alpha value is -3.15. The van der Waals surface area contributed by atoms with Crippen molar-refractivity contribution in [1.29, 1.82) is 0 Å². The SMILES string of the molecule is COC(=O)c1ccc(N2CC(C(=O)Nc3c(C)cc(C)cc3C)CC2=O)cc1. The number of hydrogen-bond donors (Lipinski definition) is 1. The monoisotopic (exact) mass is 380 g/mol. The van der Waals surface area contributed by atoms with Crippen molar-refractivity contribution >= 4 is 29.2 Å². The van der Waals surface area contributed by atoms with Crippen molar-refractivity contribution in [3.63, 3.8) is 0 Å². The molecule has 1 heterocycles. The summed E-state index contributed by atoms with van der Waals surface area (Å²) in [4.78, 5) is 38.3. The van der Waals surface area contributed by atoms with E-state index in [-0.39, 0.29) is 18.2 Å². The first-order valence-electron chi connectivity index (χ1n) is 9.17. The number of ether oxygens (including phenoxy) is 1. The van der Waals surface area contributed by atoms with Crippen LogP contribution >= 0.6 is 0 Å². The molecule has 1 aliphatic heterocycles. The number of aryl methyl sites for hydroxylation is 3. The molecule has 0 bridgehead atoms. The standard InChI is InChI=1S/C22H24N2O4/c1-13-9-14(2)20(15(3)10-13)23-21(26)17-11-19(25)24(12-17)18-7-5-16(6-8-18)22(27)28-4/h5-10,17H,11-12H2,1-4H3,(H,23,26). The average molecular weight is 380 g/mol. The van der Waals surface area contributed by atoms with Crippen molar-refractivity contribution in [3.8, 4) is 0 Å². The average Bonchev–Trinajstić information content (AvgIpc) is 3.05. The highest BCUT2D eigenvalue weighted by Gasteiger charge is 2.35. The van der Waals surface area contributed by atoms with Crippen molar-refractivity contribution in [2.24, 2.45) is 5.92 Å². The molecule has 6 heteroatoms. The number of nitrogens with zero attached hydrogens (tertiary/aromatic N) is 1. The van der Waals surface area contributed by atoms with E-state index in [1.54, 1.807) is 29.2 Å². The Balaban J connectivity index is 1.72. The fourth-order valence-corrected chi connectivity index (χ4v) is 3.63. The maximum Gasteiger partial charge on any atom is 0.337 e. The lowest BCUT2D eigenvalue weighted by Crippen LogP contribution is -2.28. The molecule has 1 N–H and O–H groups in total. The number of anilines is 2. The number of benzene rings is 2. The van der Waals surface area contributed by atoms with Gasteiger partial charge >= 0.3 is 5.97 Å². The highest BCUT2D eigenvalue weighted by atomic mass is 16.5. The first-order chi connectivity index (χ1) is 13.3. The van der Waals surface area contributed by atoms with Crippen LogP contribution in [0.5, 0.6) is 0 Å². The predicted molar refractivity (Wildman–Crippen MR) is 108 cm³/mol. The Kier molecular flexibility index (Phi) is 5.49. The summed E-state index contributed by atoms with van der Waals surface area (Å²) < 4.78 is 4.68. The second kappa shape index (κ2) is 7.84. The van der Waals surface area contributed by atoms with Gasteiger partial charge in [0.25, 0.3) is 0 Å². The summed E-state index contributed by atoms with van der Waals surface area (Å²) in [6, 6.07) is 10.7. The highest BCUT2D eigenvalue weighted by molar-refractivity contribution is 6.04. The molecule has 2 aromatic rings. The lowest BCUT2D eigenvalue weighted by molar-refractivity contribution is -0.122. The summed E-state index contributed by atoms with van der Waals surface area (Å²) in [6.45, 7) is 6.26. The molecule has 1 atom stereocenters. The fourth-order valence-electron chi connectivity index (χ4n) is 3.63. The lowest BCUT2D eigenvalue weighted by Gasteiger charge is -2.18. The van der Waals surface area contributed by atoms with Gasteiger partial charge in [0.1, 0.15) is 0 Å². The summed E-state index contributed by atoms with van der Waals surface area (Å²) in [5, 5.41) is 2.99. The summed E-state index contributed by atoms with van der Waals surface area (Å²) in [5.74, 6) is -1.12. The van der Waals surface area contributed by atoms with Gasteiger partial charge < -0.3 is 15.0 Å². The largest absolute Gasteiger partial charge is 0.465 e. The number of carbonyl (C=O) groups is 3. The van der Waals surface area contributed by atoms with E-state index in [4.69, 9.17) is 0 Å². The molecule has 0 aliphatic carbocycles. The van der Waals surface area contributed by atoms with Gasteiger partial charge in [0.2, 0.25) is 11.8 Å². The quantitative estimate of drug-likeness (QED) is 0.825. The molecule has 1 fully saturated rings. The number of hydrogen-bond acceptors (Lipinski definition) is 4. The summed E-state index contributed by atoms with van der Waals surface area (Å²) in [7, 11) is 1.32. The molecule has 0 spiro atoms. The van der Waals surface area contributed by atoms with Crippen molar-refractivity contribution in [1.82, 2.24) is 0 Å². The van der Waals surface area contributed by atoms with E-state index in [1.807, 2.05) is 32.9 Å². The molecule has 2 amide bonds. The van der Waals surface area contributed by atoms with E-state index in [0.29, 0.717) is 17.8 Å². The molecule has 1 aliphatic rings. The molecule has 28 heavy (non-hydrogen) atoms. The molecule has 6 nitrogen and oxygen atoms in total. The molecule has 3 rings (SSSR count). The van der Waals surface area contributed by atoms with Crippen molar-refractivity contribution in [2.45, 2.75) is 27.2 Å². The van der Waals surface area contributed by atoms with Gasteiger partial charge in [-0.2, -0.15) is 0 Å². The first-order valence-corrected chi connectivity index (χ1v) is 9.17. The van der Waals surface area contributed by atoms with Crippen LogP contribution in [0.3, 0.4) is 0 Å². The number of carbonyl (C=O) groups excluding carboxylic acids is 3. The van der Waals surface area contributed by atoms with Gasteiger partial charge in [-0.1, -0.05) is 17.7 Å². The van der Waals surface area contributed by atoms with E-state index >= 15 is 0 Å². The van der Waals surface area contributed by atoms with Gasteiger partial charge in [0, 0.05) is 24.3 Å². The molecular weight excluding hydrogens is 356 g/mol. The van der Waals surface area contributed by atoms with Gasteiger partial charge in [-0.3, -0.25) is 9.59 Å². The van der Waals surface area contributed by atoms with Crippen LogP contribution in [0.4, 0.5) is 11.4 Å². The van der Waals surface area contributed by atoms with Crippen LogP contribution in [0, 0.1) is 26.7 Å². The Morgan fingerprint density at radius 2 is 1.68 bits per heavy atom. The Morgan fingerprint density at radius 3 is 2.25 bits per heavy atom. The predicted octanol–water partition coefficient (Wildman–Crippen LogP) is 3.39. The van der Waals surface area contributed by atoms with Crippen molar-refractivity contribution in [2.75, 3.05) is 23.9 Å². The summed E-state index contributed by atoms with van der Waals surface area (Å²) in [6.07, 6.45) is 0.161. The van der Waals surface area contributed by atoms with Crippen LogP contribution in [0.2, 0.25) is 0 Å². The van der Waals surface area contributed by atoms with Crippen LogP contribution in [-0.2, 0) is 14.3 Å². The topological polar surface area (TPSA) is 75.7 Å². The zero-order chi connectivity index (χ0) is 20.4. The number of esters is 1. The number of nitrogens with one attached hydrogen (secondary N) is 1. The molecule has 146 valence electrons. The van der Waals surface area contributed by atoms with Gasteiger partial charge in [-0.15, -0.1) is 0 Å². The van der Waals surface area contributed by atoms with E-state index in [9.17, 15) is 14.4 Å². The highest BCUT2D eigenvalue weighted by Crippen LogP contribution is 2.28. The Bertz CT molecular complexity index is 911. The number of rotatable bonds is 4. The minimum Gasteiger partial charge on any atom is -0.465 e. The molecule has 0 aromatic heterocycles. The van der Waals surface area contributed by atoms with Crippen molar-refractivity contribution in [3.05, 3.63) is 58.7 Å². The summed E-state index contributed by atoms with van der Waals surface area (Å²) in [5.41, 5.74) is 5.04. The second-order valence-electron chi connectivity index (χ2n) is 7.21. The third-order valence-electron chi connectivity index (χ3n) is 5.02. The van der Waals surface area contributed by atoms with E-state index in [2.05, 4.69) is 10.1 Å². The second-order valence-corrected chi connectivity index (χ2v) is 7.21. The maximum absolute atomic E-state index is 12.8. The molecular formula is C22H24N2O4. The van der Waals surface area contributed by atoms with Crippen LogP contribution in [-0.4, -0.2) is 31.4 Å². The molecule has 0 saturated carbocycles. The number of amides is 2. The van der Waals surface area contributed by atoms with Crippen LogP contribution in [0.1, 0.15) is 33.5 Å². The molecule has 0 radical (unpaired) electrons. The zero-order valence-corrected chi connectivity index (χ0v) is 16.5. The van der Waals surface area contributed by atoms with Gasteiger partial charge in [-0.25, -0.2) is 4.79 Å². The minimum absolute atomic E-state index is 0.108. The Morgan fingerprint density at radius 1 is 1.07 bits per heavy atom. The van der Waals surface area contributed by atoms with Crippen molar-refractivity contribution < 1.29 is 19.1 Å². The van der Waals surface area contributed by atoms with Crippen LogP contribution in [0.15, 0.2) is 36.4 Å². The number of methoxy groups -OCH3 is 1. The van der Waals surface area contributed by atoms with Gasteiger partial charge in [-0.05, 0) is 56.2 Å². The van der Waals surface area contributed by atoms with Crippen LogP contribution in [0.25, 0.3) is 0 Å². The molecule has 1 saturated heterocycles. The Labute approximate surface area is 164 Å². The molecule has 2 aromatic carbocycles. The maximum atomic E-state index is 12.8. The normalized spacial score (nSPS) is 16.2. The smallest absolute Gasteiger partial charge is 0.337 e. The van der Waals surface area contributed by atoms with Gasteiger partial charge in [0.05, 0.1) is 18.6 Å². The zero-order valence-electron chi connectivity index (χ0n) is 16.5. The van der Waals surface area contributed by atoms with E-state index < -0.39 is 11.9 Å². The fraction of sp³-hybridized carbons (Fsp3) is 0.318.